The van der Waals surface area contributed by atoms with Crippen LogP contribution < -0.4 is 26.6 Å². The van der Waals surface area contributed by atoms with Crippen molar-refractivity contribution in [2.24, 2.45) is 12.8 Å². The lowest BCUT2D eigenvalue weighted by molar-refractivity contribution is -0.586. The standard InChI is InChI=1S/C21H23N7O3/c1-25-18-17(23-20(24-18)26-10-4-6-14(22)11-26)19(29)27(21(25)30)12-15-9-8-13-5-2-3-7-16(13)28(15)31/h2-3,5,7-9,14H,4,6,10-12,22H2,1H3,(H,23,24)/t14-/m1/s1. The minimum atomic E-state index is -0.529. The fourth-order valence-electron chi connectivity index (χ4n) is 4.23. The van der Waals surface area contributed by atoms with E-state index in [9.17, 15) is 14.8 Å². The fraction of sp³-hybridized carbons (Fsp3) is 0.333. The summed E-state index contributed by atoms with van der Waals surface area (Å²) in [5, 5.41) is 13.6. The van der Waals surface area contributed by atoms with E-state index < -0.39 is 11.2 Å². The van der Waals surface area contributed by atoms with E-state index in [4.69, 9.17) is 5.73 Å². The molecule has 1 fully saturated rings. The molecule has 3 N–H and O–H groups in total. The molecule has 1 aliphatic heterocycles. The first kappa shape index (κ1) is 19.3. The van der Waals surface area contributed by atoms with Gasteiger partial charge in [-0.15, -0.1) is 0 Å². The Kier molecular flexibility index (Phi) is 4.51. The number of anilines is 1. The first-order valence-electron chi connectivity index (χ1n) is 10.2. The number of fused-ring (bicyclic) bond motifs is 2. The van der Waals surface area contributed by atoms with Crippen LogP contribution in [0.3, 0.4) is 0 Å². The van der Waals surface area contributed by atoms with Gasteiger partial charge in [0.2, 0.25) is 17.2 Å². The van der Waals surface area contributed by atoms with Gasteiger partial charge in [0.15, 0.2) is 11.2 Å². The normalized spacial score (nSPS) is 17.0. The Morgan fingerprint density at radius 1 is 1.26 bits per heavy atom. The van der Waals surface area contributed by atoms with Gasteiger partial charge >= 0.3 is 5.69 Å². The highest BCUT2D eigenvalue weighted by atomic mass is 16.5. The first-order valence-corrected chi connectivity index (χ1v) is 10.2. The van der Waals surface area contributed by atoms with Gasteiger partial charge < -0.3 is 20.8 Å². The summed E-state index contributed by atoms with van der Waals surface area (Å²) >= 11 is 0. The number of imidazole rings is 1. The van der Waals surface area contributed by atoms with E-state index in [-0.39, 0.29) is 23.8 Å². The van der Waals surface area contributed by atoms with E-state index in [2.05, 4.69) is 9.97 Å². The number of hydrogen-bond donors (Lipinski definition) is 2. The van der Waals surface area contributed by atoms with Gasteiger partial charge in [-0.05, 0) is 25.0 Å². The van der Waals surface area contributed by atoms with Crippen molar-refractivity contribution >= 4 is 28.0 Å². The van der Waals surface area contributed by atoms with Crippen molar-refractivity contribution in [3.05, 3.63) is 68.1 Å². The summed E-state index contributed by atoms with van der Waals surface area (Å²) in [6.45, 7) is 1.27. The maximum Gasteiger partial charge on any atom is 0.333 e. The van der Waals surface area contributed by atoms with Crippen LogP contribution in [0.2, 0.25) is 0 Å². The van der Waals surface area contributed by atoms with E-state index in [0.29, 0.717) is 23.7 Å². The van der Waals surface area contributed by atoms with Gasteiger partial charge in [-0.3, -0.25) is 9.36 Å². The van der Waals surface area contributed by atoms with Crippen LogP contribution in [-0.2, 0) is 13.6 Å². The molecule has 10 nitrogen and oxygen atoms in total. The number of H-pyrrole nitrogens is 1. The number of aromatic amines is 1. The van der Waals surface area contributed by atoms with Crippen LogP contribution in [0.15, 0.2) is 46.0 Å². The number of aryl methyl sites for hydroxylation is 1. The number of aromatic nitrogens is 5. The van der Waals surface area contributed by atoms with Crippen molar-refractivity contribution < 1.29 is 4.73 Å². The first-order chi connectivity index (χ1) is 14.9. The lowest BCUT2D eigenvalue weighted by atomic mass is 10.1. The number of rotatable bonds is 3. The van der Waals surface area contributed by atoms with Crippen LogP contribution in [0.5, 0.6) is 0 Å². The maximum atomic E-state index is 13.2. The number of hydrogen-bond acceptors (Lipinski definition) is 6. The number of pyridine rings is 1. The molecule has 0 unspecified atom stereocenters. The van der Waals surface area contributed by atoms with Crippen LogP contribution >= 0.6 is 0 Å². The molecular weight excluding hydrogens is 398 g/mol. The zero-order chi connectivity index (χ0) is 21.7. The summed E-state index contributed by atoms with van der Waals surface area (Å²) in [5.41, 5.74) is 6.34. The number of nitrogens with zero attached hydrogens (tertiary/aromatic N) is 5. The zero-order valence-electron chi connectivity index (χ0n) is 17.1. The number of nitrogens with two attached hydrogens (primary N) is 1. The quantitative estimate of drug-likeness (QED) is 0.359. The lowest BCUT2D eigenvalue weighted by Gasteiger charge is -2.30. The fourth-order valence-corrected chi connectivity index (χ4v) is 4.23. The van der Waals surface area contributed by atoms with Crippen molar-refractivity contribution in [2.75, 3.05) is 18.0 Å². The Hall–Kier alpha value is -3.66. The predicted octanol–water partition coefficient (Wildman–Crippen LogP) is 0.186. The molecule has 1 aromatic carbocycles. The van der Waals surface area contributed by atoms with Gasteiger partial charge in [-0.1, -0.05) is 12.1 Å². The van der Waals surface area contributed by atoms with Crippen LogP contribution in [0.4, 0.5) is 5.95 Å². The van der Waals surface area contributed by atoms with Gasteiger partial charge in [-0.2, -0.15) is 9.71 Å². The van der Waals surface area contributed by atoms with Gasteiger partial charge in [0.05, 0.1) is 0 Å². The third-order valence-corrected chi connectivity index (χ3v) is 5.92. The summed E-state index contributed by atoms with van der Waals surface area (Å²) in [5.74, 6) is 0.527. The molecule has 0 saturated carbocycles. The minimum Gasteiger partial charge on any atom is -0.618 e. The molecule has 0 spiro atoms. The summed E-state index contributed by atoms with van der Waals surface area (Å²) in [4.78, 5) is 35.7. The molecule has 1 aliphatic rings. The number of nitrogens with one attached hydrogen (secondary N) is 1. The molecule has 0 bridgehead atoms. The van der Waals surface area contributed by atoms with E-state index in [0.717, 1.165) is 34.1 Å². The Balaban J connectivity index is 1.61. The Bertz CT molecular complexity index is 1420. The van der Waals surface area contributed by atoms with Gasteiger partial charge in [0.1, 0.15) is 6.54 Å². The molecule has 4 heterocycles. The summed E-state index contributed by atoms with van der Waals surface area (Å²) in [6, 6.07) is 10.7. The number of piperidine rings is 1. The zero-order valence-corrected chi connectivity index (χ0v) is 17.1. The van der Waals surface area contributed by atoms with Crippen molar-refractivity contribution in [3.8, 4) is 0 Å². The summed E-state index contributed by atoms with van der Waals surface area (Å²) in [7, 11) is 1.57. The Morgan fingerprint density at radius 3 is 2.87 bits per heavy atom. The summed E-state index contributed by atoms with van der Waals surface area (Å²) < 4.78 is 3.15. The van der Waals surface area contributed by atoms with Crippen molar-refractivity contribution in [1.29, 1.82) is 0 Å². The van der Waals surface area contributed by atoms with E-state index in [1.807, 2.05) is 17.0 Å². The predicted molar refractivity (Wildman–Crippen MR) is 117 cm³/mol. The average molecular weight is 421 g/mol. The lowest BCUT2D eigenvalue weighted by Crippen LogP contribution is -2.43. The third-order valence-electron chi connectivity index (χ3n) is 5.92. The maximum absolute atomic E-state index is 13.2. The molecule has 31 heavy (non-hydrogen) atoms. The Labute approximate surface area is 176 Å². The molecule has 0 aliphatic carbocycles. The highest BCUT2D eigenvalue weighted by Crippen LogP contribution is 2.18. The van der Waals surface area contributed by atoms with E-state index in [1.165, 1.54) is 4.57 Å². The SMILES string of the molecule is Cn1c(=O)n(Cc2ccc3ccccc3[n+]2[O-])c(=O)c2[nH]c(N3CCC[C@@H](N)C3)nc21. The molecule has 4 aromatic rings. The topological polar surface area (TPSA) is 129 Å². The van der Waals surface area contributed by atoms with E-state index >= 15 is 0 Å². The number of benzene rings is 1. The van der Waals surface area contributed by atoms with Gasteiger partial charge in [-0.25, -0.2) is 9.36 Å². The van der Waals surface area contributed by atoms with Crippen LogP contribution in [0, 0.1) is 5.21 Å². The highest BCUT2D eigenvalue weighted by Gasteiger charge is 2.23. The minimum absolute atomic E-state index is 0.0443. The Morgan fingerprint density at radius 2 is 2.06 bits per heavy atom. The molecular formula is C21H23N7O3. The van der Waals surface area contributed by atoms with Crippen molar-refractivity contribution in [3.63, 3.8) is 0 Å². The monoisotopic (exact) mass is 421 g/mol. The molecule has 5 rings (SSSR count). The molecule has 0 amide bonds. The third kappa shape index (κ3) is 3.15. The molecule has 10 heteroatoms. The number of para-hydroxylation sites is 1. The van der Waals surface area contributed by atoms with Crippen molar-refractivity contribution in [2.45, 2.75) is 25.4 Å². The average Bonchev–Trinajstić information content (AvgIpc) is 3.23. The van der Waals surface area contributed by atoms with Gasteiger partial charge in [0, 0.05) is 43.7 Å². The second-order valence-corrected chi connectivity index (χ2v) is 8.02. The molecule has 1 saturated heterocycles. The molecule has 160 valence electrons. The van der Waals surface area contributed by atoms with Gasteiger partial charge in [0.25, 0.3) is 5.56 Å². The van der Waals surface area contributed by atoms with Crippen LogP contribution in [-0.4, -0.2) is 38.2 Å². The molecule has 3 aromatic heterocycles. The van der Waals surface area contributed by atoms with Crippen molar-refractivity contribution in [1.82, 2.24) is 19.1 Å². The van der Waals surface area contributed by atoms with E-state index in [1.54, 1.807) is 31.3 Å². The molecule has 1 atom stereocenters. The van der Waals surface area contributed by atoms with Crippen LogP contribution in [0.1, 0.15) is 18.5 Å². The second kappa shape index (κ2) is 7.24. The smallest absolute Gasteiger partial charge is 0.333 e. The molecule has 0 radical (unpaired) electrons. The second-order valence-electron chi connectivity index (χ2n) is 8.02. The largest absolute Gasteiger partial charge is 0.618 e. The highest BCUT2D eigenvalue weighted by molar-refractivity contribution is 5.75. The van der Waals surface area contributed by atoms with Crippen LogP contribution in [0.25, 0.3) is 22.1 Å². The summed E-state index contributed by atoms with van der Waals surface area (Å²) in [6.07, 6.45) is 1.88.